The van der Waals surface area contributed by atoms with Crippen LogP contribution in [-0.2, 0) is 16.6 Å². The lowest BCUT2D eigenvalue weighted by molar-refractivity contribution is 0.594. The molecule has 0 aliphatic heterocycles. The molecular weight excluding hydrogens is 371 g/mol. The van der Waals surface area contributed by atoms with Crippen molar-refractivity contribution in [3.8, 4) is 0 Å². The van der Waals surface area contributed by atoms with Crippen molar-refractivity contribution in [3.63, 3.8) is 0 Å². The maximum atomic E-state index is 13.0. The molecule has 3 aromatic rings. The van der Waals surface area contributed by atoms with Crippen molar-refractivity contribution < 1.29 is 12.8 Å². The lowest BCUT2D eigenvalue weighted by atomic mass is 10.3. The first-order chi connectivity index (χ1) is 11.4. The van der Waals surface area contributed by atoms with E-state index >= 15 is 0 Å². The molecule has 0 N–H and O–H groups in total. The van der Waals surface area contributed by atoms with E-state index in [0.717, 1.165) is 22.3 Å². The van der Waals surface area contributed by atoms with Crippen molar-refractivity contribution in [3.05, 3.63) is 70.8 Å². The number of hydrogen-bond acceptors (Lipinski definition) is 3. The Bertz CT molecular complexity index is 1080. The Hall–Kier alpha value is -1.96. The summed E-state index contributed by atoms with van der Waals surface area (Å²) < 4.78 is 44.4. The minimum absolute atomic E-state index is 0.0652. The molecule has 0 aliphatic rings. The molecule has 0 spiro atoms. The normalized spacial score (nSPS) is 12.7. The summed E-state index contributed by atoms with van der Waals surface area (Å²) in [6.07, 6.45) is 1.66. The van der Waals surface area contributed by atoms with Crippen LogP contribution in [-0.4, -0.2) is 13.0 Å². The molecule has 0 atom stereocenters. The highest BCUT2D eigenvalue weighted by atomic mass is 35.5. The van der Waals surface area contributed by atoms with Gasteiger partial charge in [-0.1, -0.05) is 29.0 Å². The number of allylic oxidation sites excluding steroid dienone is 1. The Morgan fingerprint density at radius 2 is 1.96 bits per heavy atom. The average molecular weight is 383 g/mol. The van der Waals surface area contributed by atoms with Gasteiger partial charge in [-0.2, -0.15) is 8.42 Å². The number of rotatable bonds is 4. The Morgan fingerprint density at radius 3 is 2.62 bits per heavy atom. The van der Waals surface area contributed by atoms with Crippen molar-refractivity contribution in [1.82, 2.24) is 4.57 Å². The summed E-state index contributed by atoms with van der Waals surface area (Å²) in [6, 6.07) is 9.85. The molecule has 3 rings (SSSR count). The van der Waals surface area contributed by atoms with Crippen LogP contribution in [0.2, 0.25) is 5.02 Å². The summed E-state index contributed by atoms with van der Waals surface area (Å²) in [4.78, 5) is 0.237. The molecule has 124 valence electrons. The molecule has 1 aromatic heterocycles. The number of halogens is 2. The SMILES string of the molecule is C=CCn1c(=NS(=O)(=O)c2ccc(F)cc2)sc2cc(Cl)ccc21. The summed E-state index contributed by atoms with van der Waals surface area (Å²) in [5.41, 5.74) is 0.817. The number of nitrogens with zero attached hydrogens (tertiary/aromatic N) is 2. The smallest absolute Gasteiger partial charge is 0.285 e. The number of thiazole rings is 1. The topological polar surface area (TPSA) is 51.4 Å². The minimum Gasteiger partial charge on any atom is -0.312 e. The highest BCUT2D eigenvalue weighted by Crippen LogP contribution is 2.22. The van der Waals surface area contributed by atoms with E-state index in [-0.39, 0.29) is 4.90 Å². The van der Waals surface area contributed by atoms with Gasteiger partial charge in [-0.15, -0.1) is 11.0 Å². The van der Waals surface area contributed by atoms with Gasteiger partial charge in [0.2, 0.25) is 4.80 Å². The predicted molar refractivity (Wildman–Crippen MR) is 94.2 cm³/mol. The van der Waals surface area contributed by atoms with Crippen molar-refractivity contribution in [2.24, 2.45) is 4.40 Å². The molecule has 0 radical (unpaired) electrons. The predicted octanol–water partition coefficient (Wildman–Crippen LogP) is 3.97. The fourth-order valence-electron chi connectivity index (χ4n) is 2.18. The number of aromatic nitrogens is 1. The maximum Gasteiger partial charge on any atom is 0.285 e. The molecule has 4 nitrogen and oxygen atoms in total. The fourth-order valence-corrected chi connectivity index (χ4v) is 4.70. The second kappa shape index (κ2) is 6.51. The van der Waals surface area contributed by atoms with Crippen LogP contribution in [0.3, 0.4) is 0 Å². The molecular formula is C16H12ClFN2O2S2. The van der Waals surface area contributed by atoms with Gasteiger partial charge in [-0.3, -0.25) is 0 Å². The van der Waals surface area contributed by atoms with E-state index in [4.69, 9.17) is 11.6 Å². The molecule has 0 unspecified atom stereocenters. The molecule has 8 heteroatoms. The van der Waals surface area contributed by atoms with Crippen molar-refractivity contribution in [1.29, 1.82) is 0 Å². The summed E-state index contributed by atoms with van der Waals surface area (Å²) in [5.74, 6) is -0.507. The van der Waals surface area contributed by atoms with Gasteiger partial charge in [0.1, 0.15) is 5.82 Å². The zero-order valence-corrected chi connectivity index (χ0v) is 14.7. The first-order valence-electron chi connectivity index (χ1n) is 6.87. The van der Waals surface area contributed by atoms with E-state index in [1.807, 2.05) is 0 Å². The minimum atomic E-state index is -3.95. The van der Waals surface area contributed by atoms with Crippen LogP contribution in [0.25, 0.3) is 10.2 Å². The zero-order valence-electron chi connectivity index (χ0n) is 12.3. The van der Waals surface area contributed by atoms with E-state index < -0.39 is 15.8 Å². The van der Waals surface area contributed by atoms with Gasteiger partial charge in [-0.05, 0) is 42.5 Å². The van der Waals surface area contributed by atoms with E-state index in [0.29, 0.717) is 16.4 Å². The molecule has 0 bridgehead atoms. The van der Waals surface area contributed by atoms with Crippen LogP contribution in [0, 0.1) is 5.82 Å². The van der Waals surface area contributed by atoms with Crippen LogP contribution in [0.15, 0.2) is 64.4 Å². The van der Waals surface area contributed by atoms with Gasteiger partial charge in [0.15, 0.2) is 0 Å². The Morgan fingerprint density at radius 1 is 1.25 bits per heavy atom. The average Bonchev–Trinajstić information content (AvgIpc) is 2.84. The third-order valence-corrected chi connectivity index (χ3v) is 5.94. The first kappa shape index (κ1) is 16.9. The highest BCUT2D eigenvalue weighted by Gasteiger charge is 2.14. The summed E-state index contributed by atoms with van der Waals surface area (Å²) in [5, 5.41) is 0.558. The summed E-state index contributed by atoms with van der Waals surface area (Å²) in [6.45, 7) is 4.09. The molecule has 2 aromatic carbocycles. The van der Waals surface area contributed by atoms with Crippen molar-refractivity contribution in [2.75, 3.05) is 0 Å². The largest absolute Gasteiger partial charge is 0.312 e. The van der Waals surface area contributed by atoms with E-state index in [1.54, 1.807) is 28.8 Å². The van der Waals surface area contributed by atoms with Gasteiger partial charge >= 0.3 is 0 Å². The number of fused-ring (bicyclic) bond motifs is 1. The van der Waals surface area contributed by atoms with Gasteiger partial charge in [0, 0.05) is 11.6 Å². The van der Waals surface area contributed by atoms with E-state index in [9.17, 15) is 12.8 Å². The molecule has 0 saturated heterocycles. The number of benzene rings is 2. The molecule has 0 aliphatic carbocycles. The van der Waals surface area contributed by atoms with Crippen molar-refractivity contribution in [2.45, 2.75) is 11.4 Å². The van der Waals surface area contributed by atoms with Crippen LogP contribution >= 0.6 is 22.9 Å². The third kappa shape index (κ3) is 3.28. The Balaban J connectivity index is 2.23. The van der Waals surface area contributed by atoms with Crippen LogP contribution in [0.4, 0.5) is 4.39 Å². The summed E-state index contributed by atoms with van der Waals surface area (Å²) >= 11 is 7.21. The summed E-state index contributed by atoms with van der Waals surface area (Å²) in [7, 11) is -3.95. The fraction of sp³-hybridized carbons (Fsp3) is 0.0625. The third-order valence-electron chi connectivity index (χ3n) is 3.27. The standard InChI is InChI=1S/C16H12ClFN2O2S2/c1-2-9-20-14-8-3-11(17)10-15(14)23-16(20)19-24(21,22)13-6-4-12(18)5-7-13/h2-8,10H,1,9H2. The van der Waals surface area contributed by atoms with Crippen LogP contribution in [0.1, 0.15) is 0 Å². The lowest BCUT2D eigenvalue weighted by Crippen LogP contribution is -2.16. The second-order valence-electron chi connectivity index (χ2n) is 4.92. The maximum absolute atomic E-state index is 13.0. The van der Waals surface area contributed by atoms with E-state index in [2.05, 4.69) is 11.0 Å². The monoisotopic (exact) mass is 382 g/mol. The van der Waals surface area contributed by atoms with Gasteiger partial charge in [-0.25, -0.2) is 4.39 Å². The molecule has 24 heavy (non-hydrogen) atoms. The van der Waals surface area contributed by atoms with Crippen LogP contribution < -0.4 is 4.80 Å². The first-order valence-corrected chi connectivity index (χ1v) is 9.50. The highest BCUT2D eigenvalue weighted by molar-refractivity contribution is 7.90. The molecule has 0 fully saturated rings. The van der Waals surface area contributed by atoms with Gasteiger partial charge < -0.3 is 4.57 Å². The second-order valence-corrected chi connectivity index (χ2v) is 7.97. The van der Waals surface area contributed by atoms with Gasteiger partial charge in [0.25, 0.3) is 10.0 Å². The molecule has 0 amide bonds. The lowest BCUT2D eigenvalue weighted by Gasteiger charge is -2.02. The number of sulfonamides is 1. The Kier molecular flexibility index (Phi) is 4.58. The number of hydrogen-bond donors (Lipinski definition) is 0. The quantitative estimate of drug-likeness (QED) is 0.641. The molecule has 0 saturated carbocycles. The van der Waals surface area contributed by atoms with E-state index in [1.165, 1.54) is 23.5 Å². The van der Waals surface area contributed by atoms with Crippen LogP contribution in [0.5, 0.6) is 0 Å². The van der Waals surface area contributed by atoms with Gasteiger partial charge in [0.05, 0.1) is 15.1 Å². The zero-order chi connectivity index (χ0) is 17.3. The van der Waals surface area contributed by atoms with Crippen molar-refractivity contribution >= 4 is 43.2 Å². The Labute approximate surface area is 147 Å². The molecule has 1 heterocycles.